The molecule has 2 fully saturated rings. The van der Waals surface area contributed by atoms with Gasteiger partial charge >= 0.3 is 0 Å². The number of nitrogens with zero attached hydrogens (tertiary/aromatic N) is 5. The van der Waals surface area contributed by atoms with Crippen molar-refractivity contribution in [2.75, 3.05) is 96.2 Å². The molecule has 3 aromatic rings. The van der Waals surface area contributed by atoms with Gasteiger partial charge in [0.2, 0.25) is 6.41 Å². The number of anilines is 1. The van der Waals surface area contributed by atoms with Gasteiger partial charge < -0.3 is 29.2 Å². The number of likely N-dealkylation sites (N-methyl/N-ethyl adjacent to an activating group) is 1. The van der Waals surface area contributed by atoms with E-state index in [1.807, 2.05) is 38.1 Å². The fraction of sp³-hybridized carbons (Fsp3) is 0.600. The highest BCUT2D eigenvalue weighted by atomic mass is 32.2. The Kier molecular flexibility index (Phi) is 25.7. The van der Waals surface area contributed by atoms with Crippen LogP contribution in [0.5, 0.6) is 0 Å². The molecule has 0 aliphatic carbocycles. The van der Waals surface area contributed by atoms with Crippen LogP contribution < -0.4 is 15.6 Å². The van der Waals surface area contributed by atoms with Crippen LogP contribution in [0, 0.1) is 5.41 Å². The smallest absolute Gasteiger partial charge is 0.293 e. The lowest BCUT2D eigenvalue weighted by atomic mass is 9.84. The Balaban J connectivity index is 0.00000131. The minimum atomic E-state index is -0.585. The molecule has 0 spiro atoms. The number of pyridine rings is 1. The summed E-state index contributed by atoms with van der Waals surface area (Å²) < 4.78 is 23.8. The molecule has 2 aromatic heterocycles. The first-order chi connectivity index (χ1) is 29.3. The number of aromatic nitrogens is 2. The number of fused-ring (bicyclic) bond motifs is 1. The normalized spacial score (nSPS) is 15.4. The summed E-state index contributed by atoms with van der Waals surface area (Å²) >= 11 is 3.75. The van der Waals surface area contributed by atoms with Crippen LogP contribution in [0.1, 0.15) is 76.3 Å². The molecule has 61 heavy (non-hydrogen) atoms. The summed E-state index contributed by atoms with van der Waals surface area (Å²) in [6.07, 6.45) is 19.8. The van der Waals surface area contributed by atoms with Crippen molar-refractivity contribution in [2.24, 2.45) is 5.41 Å². The first-order valence-electron chi connectivity index (χ1n) is 20.9. The highest BCUT2D eigenvalue weighted by molar-refractivity contribution is 7.98. The molecule has 342 valence electrons. The fourth-order valence-electron chi connectivity index (χ4n) is 7.38. The van der Waals surface area contributed by atoms with Crippen molar-refractivity contribution < 1.29 is 27.7 Å². The number of hydrazine groups is 1. The molecular formula is C45H72FN7O5S3. The summed E-state index contributed by atoms with van der Waals surface area (Å²) in [6, 6.07) is 8.24. The number of thioether (sulfide) groups is 2. The highest BCUT2D eigenvalue weighted by Gasteiger charge is 2.30. The van der Waals surface area contributed by atoms with Crippen molar-refractivity contribution in [3.05, 3.63) is 53.4 Å². The third-order valence-corrected chi connectivity index (χ3v) is 10.3. The molecule has 2 aliphatic heterocycles. The van der Waals surface area contributed by atoms with E-state index in [0.29, 0.717) is 38.7 Å². The number of aryl methyl sites for hydroxylation is 1. The van der Waals surface area contributed by atoms with Crippen molar-refractivity contribution in [2.45, 2.75) is 78.5 Å². The Hall–Kier alpha value is -3.28. The van der Waals surface area contributed by atoms with Crippen molar-refractivity contribution in [1.29, 1.82) is 0 Å². The number of methoxy groups -OCH3 is 1. The van der Waals surface area contributed by atoms with Crippen LogP contribution in [0.4, 0.5) is 9.57 Å². The second-order valence-electron chi connectivity index (χ2n) is 15.8. The average Bonchev–Trinajstić information content (AvgIpc) is 3.56. The molecule has 2 N–H and O–H groups in total. The van der Waals surface area contributed by atoms with Gasteiger partial charge in [0.05, 0.1) is 36.0 Å². The van der Waals surface area contributed by atoms with Gasteiger partial charge in [-0.25, -0.2) is 5.43 Å². The van der Waals surface area contributed by atoms with Gasteiger partial charge in [0.1, 0.15) is 6.04 Å². The molecule has 2 saturated heterocycles. The Morgan fingerprint density at radius 3 is 2.30 bits per heavy atom. The summed E-state index contributed by atoms with van der Waals surface area (Å²) in [5, 5.41) is 5.49. The van der Waals surface area contributed by atoms with Crippen LogP contribution in [0.3, 0.4) is 0 Å². The number of rotatable bonds is 17. The molecule has 0 radical (unpaired) electrons. The van der Waals surface area contributed by atoms with Crippen molar-refractivity contribution in [1.82, 2.24) is 30.2 Å². The van der Waals surface area contributed by atoms with Crippen LogP contribution in [0.2, 0.25) is 0 Å². The molecule has 5 rings (SSSR count). The molecule has 12 nitrogen and oxygen atoms in total. The maximum atomic E-state index is 13.1. The molecule has 0 bridgehead atoms. The van der Waals surface area contributed by atoms with E-state index in [2.05, 4.69) is 89.3 Å². The van der Waals surface area contributed by atoms with Crippen LogP contribution in [0.15, 0.2) is 36.5 Å². The number of allylic oxidation sites excluding steroid dienone is 1. The highest BCUT2D eigenvalue weighted by Crippen LogP contribution is 2.42. The first-order valence-corrected chi connectivity index (χ1v) is 25.3. The number of hydrogen-bond donors (Lipinski definition) is 2. The first kappa shape index (κ1) is 53.9. The van der Waals surface area contributed by atoms with E-state index in [-0.39, 0.29) is 36.2 Å². The minimum absolute atomic E-state index is 0.103. The van der Waals surface area contributed by atoms with Crippen molar-refractivity contribution in [3.8, 4) is 11.3 Å². The zero-order valence-electron chi connectivity index (χ0n) is 38.4. The van der Waals surface area contributed by atoms with Gasteiger partial charge in [0.15, 0.2) is 0 Å². The number of nitrogens with one attached hydrogen (secondary N) is 2. The zero-order valence-corrected chi connectivity index (χ0v) is 40.9. The number of carbonyl (C=O) groups excluding carboxylic acids is 3. The fourth-order valence-corrected chi connectivity index (χ4v) is 7.38. The van der Waals surface area contributed by atoms with Crippen LogP contribution in [-0.4, -0.2) is 136 Å². The Bertz CT molecular complexity index is 1780. The van der Waals surface area contributed by atoms with E-state index < -0.39 is 6.04 Å². The summed E-state index contributed by atoms with van der Waals surface area (Å²) in [4.78, 5) is 45.5. The van der Waals surface area contributed by atoms with Crippen molar-refractivity contribution >= 4 is 77.1 Å². The lowest BCUT2D eigenvalue weighted by Crippen LogP contribution is -2.54. The Labute approximate surface area is 378 Å². The maximum Gasteiger partial charge on any atom is 0.293 e. The van der Waals surface area contributed by atoms with Gasteiger partial charge in [0.25, 0.3) is 12.4 Å². The molecule has 0 saturated carbocycles. The molecule has 4 heterocycles. The Morgan fingerprint density at radius 1 is 1.05 bits per heavy atom. The predicted octanol–water partition coefficient (Wildman–Crippen LogP) is 8.15. The van der Waals surface area contributed by atoms with E-state index >= 15 is 0 Å². The number of hydrogen-bond acceptors (Lipinski definition) is 12. The van der Waals surface area contributed by atoms with E-state index in [0.717, 1.165) is 91.2 Å². The van der Waals surface area contributed by atoms with Gasteiger partial charge in [-0.15, -0.1) is 0 Å². The molecule has 16 heteroatoms. The van der Waals surface area contributed by atoms with E-state index in [1.54, 1.807) is 35.6 Å². The monoisotopic (exact) mass is 905 g/mol. The number of carbonyl (C=O) groups is 3. The standard InChI is InChI=1S/C40H57N7O5.2C2H6S.CH3FS/c1-7-46-36-15-14-30(12-8-9-13-35(42-27-48)39(50)47-17-11-10-16-43-47)22-32(36)34(24-40(3,4)26-52-28-49)38(46)33-23-31(25-41-37(33)29(2)51-6)45-20-18-44(5)19-21-45;3*1-3-2/h8,12,14-15,22-23,25,27-29,35,43H,7,9-11,13,16-21,24,26H2,1-6H3,(H,42,48);2*1-2H3;1H3/b12-8+;;;. The Morgan fingerprint density at radius 2 is 1.72 bits per heavy atom. The minimum Gasteiger partial charge on any atom is -0.467 e. The van der Waals surface area contributed by atoms with Gasteiger partial charge in [0, 0.05) is 93.2 Å². The summed E-state index contributed by atoms with van der Waals surface area (Å²) in [6.45, 7) is 15.3. The molecule has 2 aliphatic rings. The maximum absolute atomic E-state index is 13.1. The van der Waals surface area contributed by atoms with Gasteiger partial charge in [-0.3, -0.25) is 24.4 Å². The summed E-state index contributed by atoms with van der Waals surface area (Å²) in [7, 11) is 3.88. The van der Waals surface area contributed by atoms with Crippen LogP contribution in [-0.2, 0) is 36.8 Å². The van der Waals surface area contributed by atoms with Crippen LogP contribution in [0.25, 0.3) is 28.2 Å². The molecular weight excluding hydrogens is 834 g/mol. The second-order valence-corrected chi connectivity index (χ2v) is 17.7. The molecule has 2 unspecified atom stereocenters. The van der Waals surface area contributed by atoms with Gasteiger partial charge in [-0.2, -0.15) is 27.4 Å². The second kappa shape index (κ2) is 29.2. The topological polar surface area (TPSA) is 121 Å². The zero-order chi connectivity index (χ0) is 45.4. The molecule has 1 aromatic carbocycles. The van der Waals surface area contributed by atoms with E-state index in [4.69, 9.17) is 14.5 Å². The number of piperazine rings is 1. The van der Waals surface area contributed by atoms with Gasteiger partial charge in [-0.1, -0.05) is 32.1 Å². The number of amides is 2. The quantitative estimate of drug-likeness (QED) is 0.127. The van der Waals surface area contributed by atoms with E-state index in [1.165, 1.54) is 11.8 Å². The van der Waals surface area contributed by atoms with Crippen LogP contribution >= 0.6 is 35.7 Å². The molecule has 2 amide bonds. The summed E-state index contributed by atoms with van der Waals surface area (Å²) in [5.41, 5.74) is 10.3. The van der Waals surface area contributed by atoms with E-state index in [9.17, 15) is 18.3 Å². The largest absolute Gasteiger partial charge is 0.467 e. The van der Waals surface area contributed by atoms with Crippen molar-refractivity contribution in [3.63, 3.8) is 0 Å². The summed E-state index contributed by atoms with van der Waals surface area (Å²) in [5.74, 6) is -0.103. The molecule has 2 atom stereocenters. The lowest BCUT2D eigenvalue weighted by Gasteiger charge is -2.34. The predicted molar refractivity (Wildman–Crippen MR) is 259 cm³/mol. The third-order valence-electron chi connectivity index (χ3n) is 10.3. The lowest BCUT2D eigenvalue weighted by molar-refractivity contribution is -0.139. The number of ether oxygens (including phenoxy) is 2. The average molecular weight is 906 g/mol. The van der Waals surface area contributed by atoms with Gasteiger partial charge in [-0.05, 0) is 107 Å². The SMILES string of the molecule is CCn1c(-c2cc(N3CCN(C)CC3)cnc2C(C)OC)c(CC(C)(C)COC=O)c2cc(/C=C/CCC(NC=O)C(=O)N3CCCCN3)ccc21.CSC.CSC.CSF. The number of benzene rings is 1. The third kappa shape index (κ3) is 16.7. The number of halogens is 1.